The highest BCUT2D eigenvalue weighted by molar-refractivity contribution is 7.22. The van der Waals surface area contributed by atoms with Crippen molar-refractivity contribution >= 4 is 32.6 Å². The summed E-state index contributed by atoms with van der Waals surface area (Å²) < 4.78 is 1.09. The van der Waals surface area contributed by atoms with Crippen LogP contribution in [0.2, 0.25) is 0 Å². The molecule has 96 valence electrons. The third-order valence-electron chi connectivity index (χ3n) is 2.96. The quantitative estimate of drug-likeness (QED) is 0.894. The Morgan fingerprint density at radius 1 is 1.39 bits per heavy atom. The van der Waals surface area contributed by atoms with Crippen LogP contribution in [0.3, 0.4) is 0 Å². The van der Waals surface area contributed by atoms with Crippen LogP contribution in [-0.2, 0) is 4.79 Å². The Balaban J connectivity index is 2.25. The fraction of sp³-hybridized carbons (Fsp3) is 0.385. The lowest BCUT2D eigenvalue weighted by Gasteiger charge is -2.21. The third kappa shape index (κ3) is 2.52. The lowest BCUT2D eigenvalue weighted by molar-refractivity contribution is -0.121. The van der Waals surface area contributed by atoms with Gasteiger partial charge in [0.1, 0.15) is 0 Å². The molecule has 1 heterocycles. The topological polar surface area (TPSA) is 54.0 Å². The van der Waals surface area contributed by atoms with Crippen LogP contribution in [0.1, 0.15) is 19.4 Å². The van der Waals surface area contributed by atoms with Gasteiger partial charge in [-0.15, -0.1) is 0 Å². The maximum Gasteiger partial charge on any atom is 0.245 e. The molecule has 0 saturated carbocycles. The first-order valence-electron chi connectivity index (χ1n) is 5.80. The summed E-state index contributed by atoms with van der Waals surface area (Å²) in [6.45, 7) is 5.71. The molecule has 0 unspecified atom stereocenters. The first-order valence-corrected chi connectivity index (χ1v) is 6.61. The van der Waals surface area contributed by atoms with Crippen molar-refractivity contribution in [3.63, 3.8) is 0 Å². The molecule has 18 heavy (non-hydrogen) atoms. The van der Waals surface area contributed by atoms with Gasteiger partial charge in [-0.3, -0.25) is 4.79 Å². The number of nitrogens with zero attached hydrogens (tertiary/aromatic N) is 1. The van der Waals surface area contributed by atoms with E-state index in [9.17, 15) is 4.79 Å². The van der Waals surface area contributed by atoms with Gasteiger partial charge < -0.3 is 10.6 Å². The number of aromatic nitrogens is 1. The van der Waals surface area contributed by atoms with Crippen molar-refractivity contribution in [1.29, 1.82) is 0 Å². The van der Waals surface area contributed by atoms with E-state index in [4.69, 9.17) is 0 Å². The molecule has 0 saturated heterocycles. The summed E-state index contributed by atoms with van der Waals surface area (Å²) in [6, 6.07) is 6.07. The van der Waals surface area contributed by atoms with Crippen LogP contribution >= 0.6 is 11.3 Å². The van der Waals surface area contributed by atoms with E-state index in [-0.39, 0.29) is 5.91 Å². The number of hydrogen-bond donors (Lipinski definition) is 2. The van der Waals surface area contributed by atoms with E-state index in [2.05, 4.69) is 21.7 Å². The summed E-state index contributed by atoms with van der Waals surface area (Å²) in [5.41, 5.74) is 1.51. The number of anilines is 1. The van der Waals surface area contributed by atoms with Gasteiger partial charge >= 0.3 is 0 Å². The largest absolute Gasteiger partial charge is 0.307 e. The van der Waals surface area contributed by atoms with E-state index < -0.39 is 5.54 Å². The number of aryl methyl sites for hydroxylation is 1. The summed E-state index contributed by atoms with van der Waals surface area (Å²) in [4.78, 5) is 16.4. The summed E-state index contributed by atoms with van der Waals surface area (Å²) in [5.74, 6) is -0.0826. The lowest BCUT2D eigenvalue weighted by Crippen LogP contribution is -2.47. The molecule has 0 fully saturated rings. The van der Waals surface area contributed by atoms with Crippen LogP contribution in [0.4, 0.5) is 5.13 Å². The standard InChI is InChI=1S/C13H17N3OS/c1-8-5-6-9-10(7-8)18-12(15-9)16-11(17)13(2,3)14-4/h5-7,14H,1-4H3,(H,15,16,17). The van der Waals surface area contributed by atoms with E-state index in [1.54, 1.807) is 7.05 Å². The molecule has 1 aromatic carbocycles. The minimum Gasteiger partial charge on any atom is -0.307 e. The molecule has 0 spiro atoms. The Hall–Kier alpha value is -1.46. The molecule has 1 amide bonds. The molecule has 0 bridgehead atoms. The fourth-order valence-corrected chi connectivity index (χ4v) is 2.41. The summed E-state index contributed by atoms with van der Waals surface area (Å²) in [5, 5.41) is 6.46. The van der Waals surface area contributed by atoms with Gasteiger partial charge in [0.15, 0.2) is 5.13 Å². The number of carbonyl (C=O) groups excluding carboxylic acids is 1. The van der Waals surface area contributed by atoms with Crippen LogP contribution < -0.4 is 10.6 Å². The van der Waals surface area contributed by atoms with Crippen LogP contribution in [-0.4, -0.2) is 23.5 Å². The normalized spacial score (nSPS) is 11.8. The van der Waals surface area contributed by atoms with Crippen molar-refractivity contribution in [2.45, 2.75) is 26.3 Å². The molecule has 2 N–H and O–H groups in total. The Kier molecular flexibility index (Phi) is 3.36. The summed E-state index contributed by atoms with van der Waals surface area (Å²) in [6.07, 6.45) is 0. The molecule has 0 aliphatic rings. The van der Waals surface area contributed by atoms with Gasteiger partial charge in [0, 0.05) is 0 Å². The number of rotatable bonds is 3. The highest BCUT2D eigenvalue weighted by atomic mass is 32.1. The molecule has 4 nitrogen and oxygen atoms in total. The van der Waals surface area contributed by atoms with Crippen LogP contribution in [0.25, 0.3) is 10.2 Å². The van der Waals surface area contributed by atoms with Crippen molar-refractivity contribution < 1.29 is 4.79 Å². The van der Waals surface area contributed by atoms with Gasteiger partial charge in [-0.05, 0) is 45.5 Å². The highest BCUT2D eigenvalue weighted by Crippen LogP contribution is 2.27. The lowest BCUT2D eigenvalue weighted by atomic mass is 10.1. The Bertz CT molecular complexity index is 589. The van der Waals surface area contributed by atoms with E-state index in [1.807, 2.05) is 32.9 Å². The second kappa shape index (κ2) is 4.66. The SMILES string of the molecule is CNC(C)(C)C(=O)Nc1nc2ccc(C)cc2s1. The Morgan fingerprint density at radius 3 is 2.78 bits per heavy atom. The average Bonchev–Trinajstić information content (AvgIpc) is 2.70. The van der Waals surface area contributed by atoms with Crippen molar-refractivity contribution in [3.05, 3.63) is 23.8 Å². The number of benzene rings is 1. The molecule has 5 heteroatoms. The number of fused-ring (bicyclic) bond motifs is 1. The highest BCUT2D eigenvalue weighted by Gasteiger charge is 2.25. The number of hydrogen-bond acceptors (Lipinski definition) is 4. The first kappa shape index (κ1) is 13.0. The zero-order valence-corrected chi connectivity index (χ0v) is 11.8. The molecule has 0 aliphatic carbocycles. The number of likely N-dealkylation sites (N-methyl/N-ethyl adjacent to an activating group) is 1. The van der Waals surface area contributed by atoms with E-state index in [0.717, 1.165) is 10.2 Å². The van der Waals surface area contributed by atoms with E-state index in [1.165, 1.54) is 16.9 Å². The molecule has 2 aromatic rings. The van der Waals surface area contributed by atoms with Crippen LogP contribution in [0.5, 0.6) is 0 Å². The van der Waals surface area contributed by atoms with Gasteiger partial charge in [0.05, 0.1) is 15.8 Å². The van der Waals surface area contributed by atoms with Crippen molar-refractivity contribution in [2.75, 3.05) is 12.4 Å². The van der Waals surface area contributed by atoms with Gasteiger partial charge in [-0.1, -0.05) is 17.4 Å². The second-order valence-electron chi connectivity index (χ2n) is 4.82. The first-order chi connectivity index (χ1) is 8.42. The summed E-state index contributed by atoms with van der Waals surface area (Å²) in [7, 11) is 1.77. The number of amides is 1. The molecule has 0 atom stereocenters. The monoisotopic (exact) mass is 263 g/mol. The van der Waals surface area contributed by atoms with Gasteiger partial charge in [-0.25, -0.2) is 4.98 Å². The molecule has 0 aliphatic heterocycles. The molecular formula is C13H17N3OS. The van der Waals surface area contributed by atoms with E-state index >= 15 is 0 Å². The maximum absolute atomic E-state index is 12.0. The zero-order valence-electron chi connectivity index (χ0n) is 11.0. The minimum absolute atomic E-state index is 0.0826. The number of nitrogens with one attached hydrogen (secondary N) is 2. The zero-order chi connectivity index (χ0) is 13.3. The predicted octanol–water partition coefficient (Wildman–Crippen LogP) is 2.54. The smallest absolute Gasteiger partial charge is 0.245 e. The Labute approximate surface area is 110 Å². The number of carbonyl (C=O) groups is 1. The van der Waals surface area contributed by atoms with Crippen molar-refractivity contribution in [2.24, 2.45) is 0 Å². The third-order valence-corrected chi connectivity index (χ3v) is 3.89. The van der Waals surface area contributed by atoms with Crippen molar-refractivity contribution in [3.8, 4) is 0 Å². The fourth-order valence-electron chi connectivity index (χ4n) is 1.45. The second-order valence-corrected chi connectivity index (χ2v) is 5.85. The van der Waals surface area contributed by atoms with E-state index in [0.29, 0.717) is 5.13 Å². The summed E-state index contributed by atoms with van der Waals surface area (Å²) >= 11 is 1.50. The van der Waals surface area contributed by atoms with Crippen molar-refractivity contribution in [1.82, 2.24) is 10.3 Å². The molecule has 0 radical (unpaired) electrons. The maximum atomic E-state index is 12.0. The van der Waals surface area contributed by atoms with Gasteiger partial charge in [0.2, 0.25) is 5.91 Å². The van der Waals surface area contributed by atoms with Crippen LogP contribution in [0.15, 0.2) is 18.2 Å². The minimum atomic E-state index is -0.603. The molecule has 2 rings (SSSR count). The van der Waals surface area contributed by atoms with Crippen LogP contribution in [0, 0.1) is 6.92 Å². The predicted molar refractivity (Wildman–Crippen MR) is 76.1 cm³/mol. The molecule has 1 aromatic heterocycles. The molecular weight excluding hydrogens is 246 g/mol. The number of thiazole rings is 1. The average molecular weight is 263 g/mol. The Morgan fingerprint density at radius 2 is 2.11 bits per heavy atom. The van der Waals surface area contributed by atoms with Gasteiger partial charge in [0.25, 0.3) is 0 Å². The van der Waals surface area contributed by atoms with Gasteiger partial charge in [-0.2, -0.15) is 0 Å².